The van der Waals surface area contributed by atoms with Gasteiger partial charge in [0.15, 0.2) is 0 Å². The molecule has 2 aliphatic heterocycles. The third kappa shape index (κ3) is 8.20. The van der Waals surface area contributed by atoms with Gasteiger partial charge in [0.25, 0.3) is 0 Å². The van der Waals surface area contributed by atoms with Crippen LogP contribution in [0.25, 0.3) is 0 Å². The number of amides is 2. The van der Waals surface area contributed by atoms with Crippen molar-refractivity contribution in [3.63, 3.8) is 0 Å². The molecule has 278 valence electrons. The number of hydrogen-bond acceptors (Lipinski definition) is 6. The molecule has 0 spiro atoms. The molecule has 0 radical (unpaired) electrons. The number of nitrogens with one attached hydrogen (secondary N) is 2. The highest BCUT2D eigenvalue weighted by Crippen LogP contribution is 2.42. The predicted octanol–water partition coefficient (Wildman–Crippen LogP) is 7.37. The van der Waals surface area contributed by atoms with Gasteiger partial charge in [-0.15, -0.1) is 0 Å². The first-order chi connectivity index (χ1) is 25.9. The van der Waals surface area contributed by atoms with Crippen LogP contribution >= 0.6 is 0 Å². The molecule has 2 bridgehead atoms. The van der Waals surface area contributed by atoms with E-state index in [-0.39, 0.29) is 30.3 Å². The van der Waals surface area contributed by atoms with E-state index in [1.165, 1.54) is 0 Å². The zero-order valence-corrected chi connectivity index (χ0v) is 30.5. The van der Waals surface area contributed by atoms with Crippen molar-refractivity contribution in [2.75, 3.05) is 13.2 Å². The average Bonchev–Trinajstić information content (AvgIpc) is 3.45. The van der Waals surface area contributed by atoms with Crippen LogP contribution < -0.4 is 10.6 Å². The lowest BCUT2D eigenvalue weighted by Gasteiger charge is -2.44. The molecule has 53 heavy (non-hydrogen) atoms. The molecule has 8 heteroatoms. The SMILES string of the molecule is O=C(N[C@@H](c1ccccc1)C(O)(c1ccccc1)c1ccccc1)NC1(CCN2[C@@H]3CC[C@H]2CC(OC(=O)C(CO)c2ccccc2)C3)CCCCC1. The number of rotatable bonds is 13. The molecule has 3 fully saturated rings. The summed E-state index contributed by atoms with van der Waals surface area (Å²) in [6.45, 7) is 0.584. The minimum Gasteiger partial charge on any atom is -0.462 e. The summed E-state index contributed by atoms with van der Waals surface area (Å²) in [4.78, 5) is 30.1. The lowest BCUT2D eigenvalue weighted by Crippen LogP contribution is -2.57. The Kier molecular flexibility index (Phi) is 11.6. The van der Waals surface area contributed by atoms with Gasteiger partial charge in [0, 0.05) is 37.0 Å². The molecule has 1 saturated carbocycles. The van der Waals surface area contributed by atoms with Crippen molar-refractivity contribution in [3.05, 3.63) is 144 Å². The van der Waals surface area contributed by atoms with E-state index in [2.05, 4.69) is 15.5 Å². The van der Waals surface area contributed by atoms with E-state index in [1.807, 2.05) is 121 Å². The Morgan fingerprint density at radius 2 is 1.26 bits per heavy atom. The number of hydrogen-bond donors (Lipinski definition) is 4. The van der Waals surface area contributed by atoms with Crippen molar-refractivity contribution in [1.82, 2.24) is 15.5 Å². The van der Waals surface area contributed by atoms with Gasteiger partial charge >= 0.3 is 12.0 Å². The van der Waals surface area contributed by atoms with Crippen molar-refractivity contribution in [1.29, 1.82) is 0 Å². The molecule has 5 atom stereocenters. The molecule has 4 aromatic carbocycles. The van der Waals surface area contributed by atoms with E-state index in [4.69, 9.17) is 4.74 Å². The highest BCUT2D eigenvalue weighted by atomic mass is 16.5. The Morgan fingerprint density at radius 3 is 1.79 bits per heavy atom. The second-order valence-corrected chi connectivity index (χ2v) is 15.3. The summed E-state index contributed by atoms with van der Waals surface area (Å²) in [6, 6.07) is 37.9. The van der Waals surface area contributed by atoms with Crippen LogP contribution in [0.3, 0.4) is 0 Å². The first-order valence-electron chi connectivity index (χ1n) is 19.5. The van der Waals surface area contributed by atoms with Gasteiger partial charge in [-0.3, -0.25) is 9.69 Å². The Hall–Kier alpha value is -4.50. The lowest BCUT2D eigenvalue weighted by atomic mass is 9.77. The van der Waals surface area contributed by atoms with E-state index in [0.717, 1.165) is 81.9 Å². The minimum absolute atomic E-state index is 0.163. The minimum atomic E-state index is -1.54. The third-order valence-electron chi connectivity index (χ3n) is 12.1. The smallest absolute Gasteiger partial charge is 0.316 e. The van der Waals surface area contributed by atoms with Gasteiger partial charge in [0.05, 0.1) is 12.6 Å². The Morgan fingerprint density at radius 1 is 0.755 bits per heavy atom. The number of nitrogens with zero attached hydrogens (tertiary/aromatic N) is 1. The molecule has 1 aliphatic carbocycles. The van der Waals surface area contributed by atoms with E-state index in [9.17, 15) is 19.8 Å². The summed E-state index contributed by atoms with van der Waals surface area (Å²) < 4.78 is 6.05. The highest BCUT2D eigenvalue weighted by molar-refractivity contribution is 5.78. The summed E-state index contributed by atoms with van der Waals surface area (Å²) in [5.74, 6) is -1.03. The van der Waals surface area contributed by atoms with E-state index in [1.54, 1.807) is 0 Å². The summed E-state index contributed by atoms with van der Waals surface area (Å²) in [7, 11) is 0. The van der Waals surface area contributed by atoms with Crippen molar-refractivity contribution in [2.24, 2.45) is 0 Å². The zero-order valence-electron chi connectivity index (χ0n) is 30.5. The van der Waals surface area contributed by atoms with Crippen LogP contribution in [-0.4, -0.2) is 64.0 Å². The summed E-state index contributed by atoms with van der Waals surface area (Å²) in [5.41, 5.74) is 1.08. The van der Waals surface area contributed by atoms with Gasteiger partial charge in [0.2, 0.25) is 0 Å². The number of ether oxygens (including phenoxy) is 1. The van der Waals surface area contributed by atoms with E-state index < -0.39 is 17.6 Å². The first kappa shape index (κ1) is 36.8. The molecule has 2 unspecified atom stereocenters. The number of carbonyl (C=O) groups excluding carboxylic acids is 2. The number of piperidine rings is 1. The second kappa shape index (κ2) is 16.7. The molecular weight excluding hydrogens is 663 g/mol. The van der Waals surface area contributed by atoms with Crippen LogP contribution in [0.1, 0.15) is 98.4 Å². The van der Waals surface area contributed by atoms with Gasteiger partial charge in [-0.25, -0.2) is 4.79 Å². The van der Waals surface area contributed by atoms with Crippen LogP contribution in [0.15, 0.2) is 121 Å². The maximum Gasteiger partial charge on any atom is 0.316 e. The topological polar surface area (TPSA) is 111 Å². The van der Waals surface area contributed by atoms with Crippen molar-refractivity contribution in [2.45, 2.75) is 105 Å². The fourth-order valence-electron chi connectivity index (χ4n) is 9.31. The maximum atomic E-state index is 14.3. The third-order valence-corrected chi connectivity index (χ3v) is 12.1. The van der Waals surface area contributed by atoms with Gasteiger partial charge in [-0.05, 0) is 54.4 Å². The Balaban J connectivity index is 1.05. The molecule has 2 heterocycles. The Labute approximate surface area is 313 Å². The Bertz CT molecular complexity index is 1710. The summed E-state index contributed by atoms with van der Waals surface area (Å²) in [6.07, 6.45) is 9.44. The molecule has 4 aromatic rings. The largest absolute Gasteiger partial charge is 0.462 e. The molecule has 0 aromatic heterocycles. The highest BCUT2D eigenvalue weighted by Gasteiger charge is 2.46. The van der Waals surface area contributed by atoms with Gasteiger partial charge in [-0.1, -0.05) is 141 Å². The molecule has 7 rings (SSSR count). The molecular formula is C45H53N3O5. The quantitative estimate of drug-likeness (QED) is 0.108. The molecule has 3 aliphatic rings. The fraction of sp³-hybridized carbons (Fsp3) is 0.422. The molecule has 2 amide bonds. The second-order valence-electron chi connectivity index (χ2n) is 15.3. The fourth-order valence-corrected chi connectivity index (χ4v) is 9.31. The number of aliphatic hydroxyl groups excluding tert-OH is 1. The molecule has 2 saturated heterocycles. The van der Waals surface area contributed by atoms with Gasteiger partial charge < -0.3 is 25.6 Å². The maximum absolute atomic E-state index is 14.3. The number of fused-ring (bicyclic) bond motifs is 2. The van der Waals surface area contributed by atoms with Crippen LogP contribution in [0.2, 0.25) is 0 Å². The van der Waals surface area contributed by atoms with Crippen molar-refractivity contribution >= 4 is 12.0 Å². The van der Waals surface area contributed by atoms with Crippen LogP contribution in [-0.2, 0) is 15.1 Å². The lowest BCUT2D eigenvalue weighted by molar-refractivity contribution is -0.155. The standard InChI is InChI=1S/C45H53N3O5/c49-32-40(33-16-6-1-7-17-33)42(50)53-39-30-37-24-25-38(31-39)48(37)29-28-44(26-14-5-15-27-44)47-43(51)46-41(34-18-8-2-9-19-34)45(52,35-20-10-3-11-21-35)36-22-12-4-13-23-36/h1-4,6-13,16-23,37-41,49,52H,5,14-15,24-32H2,(H2,46,47,51)/t37-,38+,39?,40?,41-/m0/s1. The number of benzene rings is 4. The first-order valence-corrected chi connectivity index (χ1v) is 19.5. The van der Waals surface area contributed by atoms with Crippen LogP contribution in [0, 0.1) is 0 Å². The predicted molar refractivity (Wildman–Crippen MR) is 206 cm³/mol. The van der Waals surface area contributed by atoms with Gasteiger partial charge in [0.1, 0.15) is 17.6 Å². The number of aliphatic hydroxyl groups is 2. The van der Waals surface area contributed by atoms with Crippen LogP contribution in [0.5, 0.6) is 0 Å². The normalized spacial score (nSPS) is 22.3. The van der Waals surface area contributed by atoms with Crippen LogP contribution in [0.4, 0.5) is 4.79 Å². The summed E-state index contributed by atoms with van der Waals surface area (Å²) >= 11 is 0. The monoisotopic (exact) mass is 715 g/mol. The zero-order chi connectivity index (χ0) is 36.7. The number of urea groups is 1. The molecule has 8 nitrogen and oxygen atoms in total. The van der Waals surface area contributed by atoms with Gasteiger partial charge in [-0.2, -0.15) is 0 Å². The van der Waals surface area contributed by atoms with E-state index >= 15 is 0 Å². The summed E-state index contributed by atoms with van der Waals surface area (Å²) in [5, 5.41) is 29.6. The number of esters is 1. The van der Waals surface area contributed by atoms with E-state index in [0.29, 0.717) is 23.2 Å². The van der Waals surface area contributed by atoms with Crippen molar-refractivity contribution in [3.8, 4) is 0 Å². The van der Waals surface area contributed by atoms with Crippen molar-refractivity contribution < 1.29 is 24.5 Å². The number of carbonyl (C=O) groups is 2. The average molecular weight is 716 g/mol. The molecule has 4 N–H and O–H groups in total.